The number of benzene rings is 1. The van der Waals surface area contributed by atoms with Gasteiger partial charge in [-0.15, -0.1) is 24.0 Å². The minimum atomic E-state index is 0. The van der Waals surface area contributed by atoms with Crippen molar-refractivity contribution in [1.82, 2.24) is 15.1 Å². The van der Waals surface area contributed by atoms with Crippen LogP contribution in [-0.4, -0.2) is 56.5 Å². The van der Waals surface area contributed by atoms with Gasteiger partial charge in [-0.25, -0.2) is 0 Å². The molecule has 1 aromatic carbocycles. The standard InChI is InChI=1S/C19H32N4.HI/c1-16-5-7-18(8-6-16)15-23(4)19(20-2)21-12-9-17-10-13-22(3)14-11-17;/h5-8,17H,9-15H2,1-4H3,(H,20,21);1H. The van der Waals surface area contributed by atoms with Crippen LogP contribution in [0.2, 0.25) is 0 Å². The third kappa shape index (κ3) is 6.97. The van der Waals surface area contributed by atoms with Gasteiger partial charge in [0.1, 0.15) is 0 Å². The first-order valence-corrected chi connectivity index (χ1v) is 8.74. The van der Waals surface area contributed by atoms with Crippen LogP contribution in [-0.2, 0) is 6.54 Å². The molecular weight excluding hydrogens is 411 g/mol. The molecule has 4 nitrogen and oxygen atoms in total. The summed E-state index contributed by atoms with van der Waals surface area (Å²) in [6.45, 7) is 6.50. The van der Waals surface area contributed by atoms with Crippen molar-refractivity contribution in [3.8, 4) is 0 Å². The number of likely N-dealkylation sites (tertiary alicyclic amines) is 1. The number of aryl methyl sites for hydroxylation is 1. The van der Waals surface area contributed by atoms with Gasteiger partial charge in [-0.1, -0.05) is 29.8 Å². The summed E-state index contributed by atoms with van der Waals surface area (Å²) in [5.41, 5.74) is 2.62. The van der Waals surface area contributed by atoms with Crippen LogP contribution in [0.3, 0.4) is 0 Å². The van der Waals surface area contributed by atoms with E-state index in [1.54, 1.807) is 0 Å². The average Bonchev–Trinajstić information content (AvgIpc) is 2.55. The normalized spacial score (nSPS) is 16.6. The van der Waals surface area contributed by atoms with E-state index in [9.17, 15) is 0 Å². The van der Waals surface area contributed by atoms with Crippen LogP contribution in [0.4, 0.5) is 0 Å². The maximum absolute atomic E-state index is 4.42. The fraction of sp³-hybridized carbons (Fsp3) is 0.632. The molecule has 0 spiro atoms. The zero-order valence-electron chi connectivity index (χ0n) is 15.6. The molecule has 1 N–H and O–H groups in total. The molecule has 0 amide bonds. The van der Waals surface area contributed by atoms with Gasteiger partial charge in [-0.2, -0.15) is 0 Å². The Hall–Kier alpha value is -0.820. The fourth-order valence-corrected chi connectivity index (χ4v) is 3.17. The maximum atomic E-state index is 4.42. The largest absolute Gasteiger partial charge is 0.356 e. The Kier molecular flexibility index (Phi) is 9.66. The predicted molar refractivity (Wildman–Crippen MR) is 114 cm³/mol. The molecule has 0 saturated carbocycles. The predicted octanol–water partition coefficient (Wildman–Crippen LogP) is 3.35. The second-order valence-corrected chi connectivity index (χ2v) is 6.85. The Morgan fingerprint density at radius 1 is 1.25 bits per heavy atom. The lowest BCUT2D eigenvalue weighted by molar-refractivity contribution is 0.212. The molecule has 1 heterocycles. The maximum Gasteiger partial charge on any atom is 0.193 e. The number of halogens is 1. The van der Waals surface area contributed by atoms with Gasteiger partial charge in [-0.3, -0.25) is 4.99 Å². The Balaban J connectivity index is 0.00000288. The molecule has 1 fully saturated rings. The highest BCUT2D eigenvalue weighted by atomic mass is 127. The van der Waals surface area contributed by atoms with Gasteiger partial charge in [0.05, 0.1) is 0 Å². The van der Waals surface area contributed by atoms with Crippen LogP contribution >= 0.6 is 24.0 Å². The lowest BCUT2D eigenvalue weighted by Crippen LogP contribution is -2.40. The molecule has 136 valence electrons. The van der Waals surface area contributed by atoms with Gasteiger partial charge >= 0.3 is 0 Å². The van der Waals surface area contributed by atoms with E-state index >= 15 is 0 Å². The first-order valence-electron chi connectivity index (χ1n) is 8.74. The molecule has 0 aliphatic carbocycles. The Labute approximate surface area is 164 Å². The van der Waals surface area contributed by atoms with E-state index in [1.165, 1.54) is 43.5 Å². The average molecular weight is 444 g/mol. The van der Waals surface area contributed by atoms with Crippen molar-refractivity contribution in [3.63, 3.8) is 0 Å². The molecule has 0 bridgehead atoms. The third-order valence-electron chi connectivity index (χ3n) is 4.79. The first-order chi connectivity index (χ1) is 11.1. The van der Waals surface area contributed by atoms with Crippen molar-refractivity contribution in [2.24, 2.45) is 10.9 Å². The highest BCUT2D eigenvalue weighted by Gasteiger charge is 2.16. The second-order valence-electron chi connectivity index (χ2n) is 6.85. The van der Waals surface area contributed by atoms with Gasteiger partial charge in [-0.05, 0) is 57.8 Å². The van der Waals surface area contributed by atoms with E-state index in [2.05, 4.69) is 65.4 Å². The monoisotopic (exact) mass is 444 g/mol. The van der Waals surface area contributed by atoms with Crippen LogP contribution in [0.15, 0.2) is 29.3 Å². The summed E-state index contributed by atoms with van der Waals surface area (Å²) in [6.07, 6.45) is 3.90. The first kappa shape index (κ1) is 21.2. The van der Waals surface area contributed by atoms with E-state index in [0.29, 0.717) is 0 Å². The number of aliphatic imine (C=N–C) groups is 1. The summed E-state index contributed by atoms with van der Waals surface area (Å²) >= 11 is 0. The number of hydrogen-bond acceptors (Lipinski definition) is 2. The zero-order chi connectivity index (χ0) is 16.7. The molecule has 0 atom stereocenters. The van der Waals surface area contributed by atoms with E-state index in [4.69, 9.17) is 0 Å². The Bertz CT molecular complexity index is 493. The minimum Gasteiger partial charge on any atom is -0.356 e. The quantitative estimate of drug-likeness (QED) is 0.430. The molecule has 2 rings (SSSR count). The van der Waals surface area contributed by atoms with Gasteiger partial charge in [0.2, 0.25) is 0 Å². The SMILES string of the molecule is CN=C(NCCC1CCN(C)CC1)N(C)Cc1ccc(C)cc1.I. The molecule has 5 heteroatoms. The Morgan fingerprint density at radius 2 is 1.88 bits per heavy atom. The summed E-state index contributed by atoms with van der Waals surface area (Å²) in [4.78, 5) is 9.04. The number of guanidine groups is 1. The number of hydrogen-bond donors (Lipinski definition) is 1. The zero-order valence-corrected chi connectivity index (χ0v) is 17.9. The van der Waals surface area contributed by atoms with E-state index in [1.807, 2.05) is 7.05 Å². The molecule has 1 aromatic rings. The molecule has 1 saturated heterocycles. The molecule has 1 aliphatic heterocycles. The molecular formula is C19H33IN4. The van der Waals surface area contributed by atoms with Gasteiger partial charge in [0.15, 0.2) is 5.96 Å². The topological polar surface area (TPSA) is 30.9 Å². The molecule has 0 unspecified atom stereocenters. The lowest BCUT2D eigenvalue weighted by atomic mass is 9.94. The number of rotatable bonds is 5. The number of piperidine rings is 1. The lowest BCUT2D eigenvalue weighted by Gasteiger charge is -2.29. The van der Waals surface area contributed by atoms with Crippen LogP contribution in [0.25, 0.3) is 0 Å². The number of nitrogens with one attached hydrogen (secondary N) is 1. The molecule has 0 radical (unpaired) electrons. The Morgan fingerprint density at radius 3 is 2.46 bits per heavy atom. The second kappa shape index (κ2) is 10.9. The van der Waals surface area contributed by atoms with Crippen LogP contribution in [0.5, 0.6) is 0 Å². The summed E-state index contributed by atoms with van der Waals surface area (Å²) in [5.74, 6) is 1.85. The smallest absolute Gasteiger partial charge is 0.193 e. The number of nitrogens with zero attached hydrogens (tertiary/aromatic N) is 3. The van der Waals surface area contributed by atoms with E-state index in [-0.39, 0.29) is 24.0 Å². The van der Waals surface area contributed by atoms with Crippen molar-refractivity contribution in [2.75, 3.05) is 40.8 Å². The summed E-state index contributed by atoms with van der Waals surface area (Å²) < 4.78 is 0. The summed E-state index contributed by atoms with van der Waals surface area (Å²) in [5, 5.41) is 3.52. The molecule has 24 heavy (non-hydrogen) atoms. The van der Waals surface area contributed by atoms with Crippen molar-refractivity contribution in [2.45, 2.75) is 32.7 Å². The van der Waals surface area contributed by atoms with Crippen LogP contribution < -0.4 is 5.32 Å². The van der Waals surface area contributed by atoms with Gasteiger partial charge in [0.25, 0.3) is 0 Å². The van der Waals surface area contributed by atoms with E-state index in [0.717, 1.165) is 25.0 Å². The molecule has 0 aromatic heterocycles. The highest BCUT2D eigenvalue weighted by Crippen LogP contribution is 2.18. The van der Waals surface area contributed by atoms with Crippen molar-refractivity contribution in [3.05, 3.63) is 35.4 Å². The van der Waals surface area contributed by atoms with Crippen LogP contribution in [0, 0.1) is 12.8 Å². The van der Waals surface area contributed by atoms with Gasteiger partial charge < -0.3 is 15.1 Å². The van der Waals surface area contributed by atoms with Crippen LogP contribution in [0.1, 0.15) is 30.4 Å². The van der Waals surface area contributed by atoms with Gasteiger partial charge in [0, 0.05) is 27.2 Å². The van der Waals surface area contributed by atoms with Crippen molar-refractivity contribution >= 4 is 29.9 Å². The van der Waals surface area contributed by atoms with E-state index < -0.39 is 0 Å². The van der Waals surface area contributed by atoms with Crippen molar-refractivity contribution < 1.29 is 0 Å². The molecule has 1 aliphatic rings. The fourth-order valence-electron chi connectivity index (χ4n) is 3.17. The third-order valence-corrected chi connectivity index (χ3v) is 4.79. The summed E-state index contributed by atoms with van der Waals surface area (Å²) in [7, 11) is 6.19. The summed E-state index contributed by atoms with van der Waals surface area (Å²) in [6, 6.07) is 8.72. The van der Waals surface area contributed by atoms with Crippen molar-refractivity contribution in [1.29, 1.82) is 0 Å². The minimum absolute atomic E-state index is 0. The highest BCUT2D eigenvalue weighted by molar-refractivity contribution is 14.0.